The fourth-order valence-corrected chi connectivity index (χ4v) is 1.59. The summed E-state index contributed by atoms with van der Waals surface area (Å²) < 4.78 is 10.8. The van der Waals surface area contributed by atoms with Gasteiger partial charge in [0.05, 0.1) is 20.3 Å². The van der Waals surface area contributed by atoms with Crippen molar-refractivity contribution in [1.29, 1.82) is 0 Å². The molecule has 1 aromatic carbocycles. The van der Waals surface area contributed by atoms with Crippen LogP contribution in [0, 0.1) is 0 Å². The number of rotatable bonds is 5. The quantitative estimate of drug-likeness (QED) is 0.862. The lowest BCUT2D eigenvalue weighted by atomic mass is 10.1. The summed E-state index contributed by atoms with van der Waals surface area (Å²) in [5.74, 6) is 1.62. The Morgan fingerprint density at radius 1 is 1.37 bits per heavy atom. The minimum atomic E-state index is -0.551. The van der Waals surface area contributed by atoms with Crippen LogP contribution in [-0.2, 0) is 13.7 Å². The number of nitrogens with zero attached hydrogens (tertiary/aromatic N) is 4. The van der Waals surface area contributed by atoms with Crippen molar-refractivity contribution in [2.45, 2.75) is 19.6 Å². The first-order valence-electron chi connectivity index (χ1n) is 5.82. The van der Waals surface area contributed by atoms with Gasteiger partial charge >= 0.3 is 0 Å². The molecule has 0 bridgehead atoms. The first kappa shape index (κ1) is 13.3. The summed E-state index contributed by atoms with van der Waals surface area (Å²) >= 11 is 0. The molecular weight excluding hydrogens is 248 g/mol. The average molecular weight is 264 g/mol. The number of ether oxygens (including phenoxy) is 2. The van der Waals surface area contributed by atoms with Crippen molar-refractivity contribution in [1.82, 2.24) is 20.2 Å². The number of hydrogen-bond donors (Lipinski definition) is 1. The normalized spacial score (nSPS) is 12.2. The monoisotopic (exact) mass is 264 g/mol. The van der Waals surface area contributed by atoms with Crippen LogP contribution in [0.1, 0.15) is 24.4 Å². The molecule has 0 saturated heterocycles. The molecule has 1 N–H and O–H groups in total. The molecule has 0 aliphatic rings. The molecule has 0 saturated carbocycles. The van der Waals surface area contributed by atoms with E-state index in [0.29, 0.717) is 17.3 Å². The highest BCUT2D eigenvalue weighted by Crippen LogP contribution is 2.30. The van der Waals surface area contributed by atoms with E-state index in [4.69, 9.17) is 9.47 Å². The summed E-state index contributed by atoms with van der Waals surface area (Å²) in [5.41, 5.74) is 0.766. The van der Waals surface area contributed by atoms with Crippen LogP contribution in [0.4, 0.5) is 0 Å². The van der Waals surface area contributed by atoms with Crippen molar-refractivity contribution >= 4 is 0 Å². The molecule has 19 heavy (non-hydrogen) atoms. The van der Waals surface area contributed by atoms with Crippen molar-refractivity contribution in [3.05, 3.63) is 29.6 Å². The Hall–Kier alpha value is -2.15. The topological polar surface area (TPSA) is 82.3 Å². The minimum Gasteiger partial charge on any atom is -0.493 e. The molecule has 0 amide bonds. The van der Waals surface area contributed by atoms with Gasteiger partial charge in [0.25, 0.3) is 0 Å². The van der Waals surface area contributed by atoms with E-state index in [0.717, 1.165) is 5.56 Å². The summed E-state index contributed by atoms with van der Waals surface area (Å²) in [7, 11) is 3.24. The van der Waals surface area contributed by atoms with Crippen LogP contribution >= 0.6 is 0 Å². The minimum absolute atomic E-state index is 0.207. The Morgan fingerprint density at radius 3 is 2.74 bits per heavy atom. The molecule has 102 valence electrons. The Bertz CT molecular complexity index is 554. The average Bonchev–Trinajstić information content (AvgIpc) is 2.81. The highest BCUT2D eigenvalue weighted by Gasteiger charge is 2.10. The molecule has 7 nitrogen and oxygen atoms in total. The molecule has 2 aromatic rings. The molecule has 1 heterocycles. The zero-order valence-corrected chi connectivity index (χ0v) is 11.1. The number of aliphatic hydroxyl groups excluding tert-OH is 1. The second kappa shape index (κ2) is 5.66. The van der Waals surface area contributed by atoms with Crippen molar-refractivity contribution in [3.63, 3.8) is 0 Å². The van der Waals surface area contributed by atoms with Gasteiger partial charge in [-0.05, 0) is 29.8 Å². The molecule has 1 aromatic heterocycles. The molecule has 0 spiro atoms. The van der Waals surface area contributed by atoms with Gasteiger partial charge in [0.2, 0.25) is 5.82 Å². The number of methoxy groups -OCH3 is 1. The summed E-state index contributed by atoms with van der Waals surface area (Å²) in [6.07, 6.45) is -0.551. The van der Waals surface area contributed by atoms with Crippen LogP contribution in [0.3, 0.4) is 0 Å². The van der Waals surface area contributed by atoms with Crippen LogP contribution in [0.2, 0.25) is 0 Å². The third kappa shape index (κ3) is 3.19. The number of hydrogen-bond acceptors (Lipinski definition) is 6. The van der Waals surface area contributed by atoms with Gasteiger partial charge < -0.3 is 14.6 Å². The lowest BCUT2D eigenvalue weighted by molar-refractivity contribution is 0.198. The third-order valence-electron chi connectivity index (χ3n) is 2.58. The predicted molar refractivity (Wildman–Crippen MR) is 66.8 cm³/mol. The number of benzene rings is 1. The lowest BCUT2D eigenvalue weighted by Gasteiger charge is -2.12. The maximum absolute atomic E-state index is 9.52. The molecule has 0 aliphatic carbocycles. The highest BCUT2D eigenvalue weighted by atomic mass is 16.5. The third-order valence-corrected chi connectivity index (χ3v) is 2.58. The first-order valence-corrected chi connectivity index (χ1v) is 5.82. The SMILES string of the molecule is COc1cc([C@@H](C)O)ccc1OCc1nnn(C)n1. The van der Waals surface area contributed by atoms with Crippen LogP contribution in [0.5, 0.6) is 11.5 Å². The molecule has 0 radical (unpaired) electrons. The van der Waals surface area contributed by atoms with Gasteiger partial charge in [0, 0.05) is 0 Å². The number of aryl methyl sites for hydroxylation is 1. The zero-order valence-electron chi connectivity index (χ0n) is 11.1. The van der Waals surface area contributed by atoms with Crippen LogP contribution in [0.15, 0.2) is 18.2 Å². The Kier molecular flexibility index (Phi) is 3.96. The van der Waals surface area contributed by atoms with Crippen LogP contribution in [0.25, 0.3) is 0 Å². The standard InChI is InChI=1S/C12H16N4O3/c1-8(17)9-4-5-10(11(6-9)18-3)19-7-12-13-15-16(2)14-12/h4-6,8,17H,7H2,1-3H3/t8-/m1/s1. The number of tetrazole rings is 1. The van der Waals surface area contributed by atoms with Gasteiger partial charge in [-0.15, -0.1) is 10.2 Å². The van der Waals surface area contributed by atoms with E-state index < -0.39 is 6.10 Å². The summed E-state index contributed by atoms with van der Waals surface area (Å²) in [6.45, 7) is 1.90. The molecule has 0 unspecified atom stereocenters. The first-order chi connectivity index (χ1) is 9.10. The van der Waals surface area contributed by atoms with Crippen LogP contribution < -0.4 is 9.47 Å². The number of aliphatic hydroxyl groups is 1. The molecule has 0 aliphatic heterocycles. The maximum Gasteiger partial charge on any atom is 0.212 e. The Morgan fingerprint density at radius 2 is 2.16 bits per heavy atom. The van der Waals surface area contributed by atoms with Crippen molar-refractivity contribution in [2.24, 2.45) is 7.05 Å². The molecule has 0 fully saturated rings. The van der Waals surface area contributed by atoms with E-state index in [1.165, 1.54) is 4.80 Å². The summed E-state index contributed by atoms with van der Waals surface area (Å²) in [4.78, 5) is 1.37. The summed E-state index contributed by atoms with van der Waals surface area (Å²) in [6, 6.07) is 5.27. The predicted octanol–water partition coefficient (Wildman–Crippen LogP) is 0.851. The maximum atomic E-state index is 9.52. The van der Waals surface area contributed by atoms with Gasteiger partial charge in [-0.25, -0.2) is 0 Å². The van der Waals surface area contributed by atoms with Crippen LogP contribution in [-0.4, -0.2) is 32.4 Å². The molecule has 1 atom stereocenters. The van der Waals surface area contributed by atoms with Gasteiger partial charge in [-0.2, -0.15) is 4.80 Å². The van der Waals surface area contributed by atoms with E-state index in [-0.39, 0.29) is 6.61 Å². The fraction of sp³-hybridized carbons (Fsp3) is 0.417. The van der Waals surface area contributed by atoms with Gasteiger partial charge in [0.15, 0.2) is 18.1 Å². The second-order valence-corrected chi connectivity index (χ2v) is 4.07. The van der Waals surface area contributed by atoms with E-state index in [1.807, 2.05) is 0 Å². The fourth-order valence-electron chi connectivity index (χ4n) is 1.59. The highest BCUT2D eigenvalue weighted by molar-refractivity contribution is 5.43. The molecular formula is C12H16N4O3. The summed E-state index contributed by atoms with van der Waals surface area (Å²) in [5, 5.41) is 21.1. The Labute approximate surface area is 110 Å². The second-order valence-electron chi connectivity index (χ2n) is 4.07. The van der Waals surface area contributed by atoms with E-state index in [9.17, 15) is 5.11 Å². The van der Waals surface area contributed by atoms with Gasteiger partial charge in [-0.3, -0.25) is 0 Å². The van der Waals surface area contributed by atoms with E-state index >= 15 is 0 Å². The zero-order chi connectivity index (χ0) is 13.8. The van der Waals surface area contributed by atoms with Crippen molar-refractivity contribution in [3.8, 4) is 11.5 Å². The van der Waals surface area contributed by atoms with Gasteiger partial charge in [0.1, 0.15) is 0 Å². The van der Waals surface area contributed by atoms with Crippen molar-refractivity contribution < 1.29 is 14.6 Å². The smallest absolute Gasteiger partial charge is 0.212 e. The lowest BCUT2D eigenvalue weighted by Crippen LogP contribution is -2.01. The van der Waals surface area contributed by atoms with Crippen molar-refractivity contribution in [2.75, 3.05) is 7.11 Å². The van der Waals surface area contributed by atoms with E-state index in [1.54, 1.807) is 39.3 Å². The largest absolute Gasteiger partial charge is 0.493 e. The Balaban J connectivity index is 2.11. The molecule has 2 rings (SSSR count). The molecule has 7 heteroatoms. The van der Waals surface area contributed by atoms with E-state index in [2.05, 4.69) is 15.4 Å². The number of aromatic nitrogens is 4. The van der Waals surface area contributed by atoms with Gasteiger partial charge in [-0.1, -0.05) is 6.07 Å².